The van der Waals surface area contributed by atoms with E-state index in [0.29, 0.717) is 10.4 Å². The summed E-state index contributed by atoms with van der Waals surface area (Å²) >= 11 is 1.31. The van der Waals surface area contributed by atoms with Crippen LogP contribution in [0.4, 0.5) is 4.79 Å². The third-order valence-electron chi connectivity index (χ3n) is 4.18. The number of benzene rings is 1. The van der Waals surface area contributed by atoms with Gasteiger partial charge in [0.25, 0.3) is 11.8 Å². The predicted octanol–water partition coefficient (Wildman–Crippen LogP) is 1.29. The van der Waals surface area contributed by atoms with Crippen molar-refractivity contribution in [2.75, 3.05) is 6.54 Å². The summed E-state index contributed by atoms with van der Waals surface area (Å²) in [6, 6.07) is 6.76. The van der Waals surface area contributed by atoms with E-state index in [9.17, 15) is 14.4 Å². The minimum Gasteiger partial charge on any atom is -0.327 e. The van der Waals surface area contributed by atoms with E-state index >= 15 is 0 Å². The molecule has 0 aliphatic carbocycles. The first-order valence-electron chi connectivity index (χ1n) is 7.70. The Morgan fingerprint density at radius 1 is 1.28 bits per heavy atom. The van der Waals surface area contributed by atoms with Crippen LogP contribution in [0.2, 0.25) is 0 Å². The lowest BCUT2D eigenvalue weighted by Crippen LogP contribution is -2.41. The zero-order chi connectivity index (χ0) is 18.2. The summed E-state index contributed by atoms with van der Waals surface area (Å²) in [5.41, 5.74) is 0.547. The van der Waals surface area contributed by atoms with Gasteiger partial charge in [-0.1, -0.05) is 29.8 Å². The second-order valence-corrected chi connectivity index (χ2v) is 6.99. The number of aromatic nitrogens is 1. The molecule has 25 heavy (non-hydrogen) atoms. The van der Waals surface area contributed by atoms with E-state index < -0.39 is 23.4 Å². The van der Waals surface area contributed by atoms with Crippen LogP contribution in [0.3, 0.4) is 0 Å². The molecule has 0 saturated carbocycles. The molecule has 1 N–H and O–H groups in total. The van der Waals surface area contributed by atoms with Gasteiger partial charge >= 0.3 is 6.03 Å². The largest absolute Gasteiger partial charge is 0.327 e. The minimum atomic E-state index is -1.18. The zero-order valence-electron chi connectivity index (χ0n) is 14.1. The lowest BCUT2D eigenvalue weighted by molar-refractivity contribution is -0.134. The molecule has 1 aliphatic heterocycles. The molecular weight excluding hydrogens is 340 g/mol. The number of hydrogen-bond donors (Lipinski definition) is 1. The number of hydrogen-bond acceptors (Lipinski definition) is 4. The van der Waals surface area contributed by atoms with Crippen molar-refractivity contribution < 1.29 is 14.4 Å². The van der Waals surface area contributed by atoms with Gasteiger partial charge in [0, 0.05) is 18.6 Å². The summed E-state index contributed by atoms with van der Waals surface area (Å²) < 4.78 is 1.70. The van der Waals surface area contributed by atoms with E-state index in [1.54, 1.807) is 42.2 Å². The average Bonchev–Trinajstić information content (AvgIpc) is 3.05. The van der Waals surface area contributed by atoms with Crippen LogP contribution in [-0.2, 0) is 22.2 Å². The van der Waals surface area contributed by atoms with Crippen molar-refractivity contribution in [3.05, 3.63) is 51.8 Å². The number of thiazole rings is 1. The van der Waals surface area contributed by atoms with Gasteiger partial charge in [0.2, 0.25) is 0 Å². The molecule has 130 valence electrons. The normalized spacial score (nSPS) is 20.9. The third-order valence-corrected chi connectivity index (χ3v) is 5.03. The van der Waals surface area contributed by atoms with Gasteiger partial charge in [-0.3, -0.25) is 14.5 Å². The van der Waals surface area contributed by atoms with Gasteiger partial charge in [-0.25, -0.2) is 4.79 Å². The number of rotatable bonds is 3. The Balaban J connectivity index is 1.83. The minimum absolute atomic E-state index is 0.385. The van der Waals surface area contributed by atoms with Crippen LogP contribution in [0, 0.1) is 6.92 Å². The highest BCUT2D eigenvalue weighted by Crippen LogP contribution is 2.28. The average molecular weight is 358 g/mol. The fourth-order valence-electron chi connectivity index (χ4n) is 2.64. The molecule has 4 amide bonds. The molecular formula is C17H18N4O3S. The molecule has 3 rings (SSSR count). The fourth-order valence-corrected chi connectivity index (χ4v) is 3.38. The molecule has 1 unspecified atom stereocenters. The maximum atomic E-state index is 12.8. The number of aryl methyl sites for hydroxylation is 2. The number of nitrogens with one attached hydrogen (secondary N) is 1. The summed E-state index contributed by atoms with van der Waals surface area (Å²) in [6.07, 6.45) is 1.78. The van der Waals surface area contributed by atoms with Crippen LogP contribution in [0.5, 0.6) is 0 Å². The van der Waals surface area contributed by atoms with E-state index in [2.05, 4.69) is 10.3 Å². The molecule has 2 aromatic rings. The Hall–Kier alpha value is -2.74. The zero-order valence-corrected chi connectivity index (χ0v) is 15.0. The van der Waals surface area contributed by atoms with Crippen LogP contribution in [-0.4, -0.2) is 33.9 Å². The van der Waals surface area contributed by atoms with E-state index in [0.717, 1.165) is 10.5 Å². The van der Waals surface area contributed by atoms with Gasteiger partial charge in [-0.2, -0.15) is 4.99 Å². The Kier molecular flexibility index (Phi) is 4.30. The standard InChI is InChI=1S/C17H18N4O3S/c1-11-4-6-12(7-5-11)17(2)14(23)21(15(24)19-17)10-13(22)18-16-20(3)8-9-25-16/h4-9H,10H2,1-3H3,(H,19,24). The van der Waals surface area contributed by atoms with Crippen LogP contribution in [0.1, 0.15) is 18.1 Å². The first-order chi connectivity index (χ1) is 11.8. The number of carbonyl (C=O) groups is 3. The van der Waals surface area contributed by atoms with Crippen molar-refractivity contribution in [2.24, 2.45) is 12.0 Å². The van der Waals surface area contributed by atoms with E-state index in [1.807, 2.05) is 19.1 Å². The van der Waals surface area contributed by atoms with Gasteiger partial charge in [0.1, 0.15) is 12.1 Å². The second kappa shape index (κ2) is 6.29. The molecule has 0 radical (unpaired) electrons. The van der Waals surface area contributed by atoms with Gasteiger partial charge in [-0.15, -0.1) is 11.3 Å². The number of carbonyl (C=O) groups excluding carboxylic acids is 3. The topological polar surface area (TPSA) is 83.8 Å². The maximum absolute atomic E-state index is 12.8. The summed E-state index contributed by atoms with van der Waals surface area (Å²) in [7, 11) is 1.77. The molecule has 2 heterocycles. The first kappa shape index (κ1) is 17.1. The highest BCUT2D eigenvalue weighted by atomic mass is 32.1. The SMILES string of the molecule is Cc1ccc(C2(C)NC(=O)N(CC(=O)N=c3sccn3C)C2=O)cc1. The summed E-state index contributed by atoms with van der Waals surface area (Å²) in [5.74, 6) is -1.00. The number of amides is 4. The summed E-state index contributed by atoms with van der Waals surface area (Å²) in [4.78, 5) is 42.6. The second-order valence-electron chi connectivity index (χ2n) is 6.11. The fraction of sp³-hybridized carbons (Fsp3) is 0.294. The molecule has 1 aromatic carbocycles. The Morgan fingerprint density at radius 2 is 1.96 bits per heavy atom. The van der Waals surface area contributed by atoms with E-state index in [1.165, 1.54) is 11.3 Å². The summed E-state index contributed by atoms with van der Waals surface area (Å²) in [6.45, 7) is 3.20. The maximum Gasteiger partial charge on any atom is 0.325 e. The van der Waals surface area contributed by atoms with Crippen LogP contribution in [0.15, 0.2) is 40.8 Å². The molecule has 1 saturated heterocycles. The molecule has 1 fully saturated rings. The van der Waals surface area contributed by atoms with Crippen LogP contribution < -0.4 is 10.1 Å². The smallest absolute Gasteiger partial charge is 0.325 e. The lowest BCUT2D eigenvalue weighted by atomic mass is 9.91. The van der Waals surface area contributed by atoms with Crippen LogP contribution in [0.25, 0.3) is 0 Å². The quantitative estimate of drug-likeness (QED) is 0.839. The van der Waals surface area contributed by atoms with E-state index in [4.69, 9.17) is 0 Å². The van der Waals surface area contributed by atoms with Gasteiger partial charge in [0.15, 0.2) is 4.80 Å². The first-order valence-corrected chi connectivity index (χ1v) is 8.58. The van der Waals surface area contributed by atoms with Crippen molar-refractivity contribution in [2.45, 2.75) is 19.4 Å². The molecule has 0 bridgehead atoms. The van der Waals surface area contributed by atoms with Crippen molar-refractivity contribution in [3.8, 4) is 0 Å². The van der Waals surface area contributed by atoms with Crippen molar-refractivity contribution >= 4 is 29.2 Å². The third kappa shape index (κ3) is 3.12. The Bertz CT molecular complexity index is 912. The van der Waals surface area contributed by atoms with Gasteiger partial charge in [-0.05, 0) is 19.4 Å². The summed E-state index contributed by atoms with van der Waals surface area (Å²) in [5, 5.41) is 4.48. The molecule has 7 nitrogen and oxygen atoms in total. The lowest BCUT2D eigenvalue weighted by Gasteiger charge is -2.22. The Labute approximate surface area is 148 Å². The van der Waals surface area contributed by atoms with Gasteiger partial charge < -0.3 is 9.88 Å². The Morgan fingerprint density at radius 3 is 2.56 bits per heavy atom. The van der Waals surface area contributed by atoms with E-state index in [-0.39, 0.29) is 6.54 Å². The number of urea groups is 1. The van der Waals surface area contributed by atoms with Gasteiger partial charge in [0.05, 0.1) is 0 Å². The van der Waals surface area contributed by atoms with Crippen LogP contribution >= 0.6 is 11.3 Å². The highest BCUT2D eigenvalue weighted by molar-refractivity contribution is 7.07. The highest BCUT2D eigenvalue weighted by Gasteiger charge is 2.49. The molecule has 1 aliphatic rings. The van der Waals surface area contributed by atoms with Crippen molar-refractivity contribution in [1.29, 1.82) is 0 Å². The molecule has 8 heteroatoms. The number of nitrogens with zero attached hydrogens (tertiary/aromatic N) is 3. The monoisotopic (exact) mass is 358 g/mol. The molecule has 1 atom stereocenters. The van der Waals surface area contributed by atoms with Crippen molar-refractivity contribution in [1.82, 2.24) is 14.8 Å². The van der Waals surface area contributed by atoms with Crippen molar-refractivity contribution in [3.63, 3.8) is 0 Å². The number of imide groups is 1. The molecule has 0 spiro atoms. The predicted molar refractivity (Wildman–Crippen MR) is 92.6 cm³/mol. The molecule has 1 aromatic heterocycles.